The van der Waals surface area contributed by atoms with Gasteiger partial charge in [0.25, 0.3) is 5.91 Å². The van der Waals surface area contributed by atoms with E-state index in [1.807, 2.05) is 54.6 Å². The van der Waals surface area contributed by atoms with Gasteiger partial charge in [0, 0.05) is 43.0 Å². The average molecular weight is 572 g/mol. The largest absolute Gasteiger partial charge is 0.497 e. The summed E-state index contributed by atoms with van der Waals surface area (Å²) in [7, 11) is 1.68. The summed E-state index contributed by atoms with van der Waals surface area (Å²) in [5, 5.41) is 0. The van der Waals surface area contributed by atoms with Gasteiger partial charge in [-0.3, -0.25) is 4.79 Å². The van der Waals surface area contributed by atoms with Gasteiger partial charge in [-0.15, -0.1) is 0 Å². The van der Waals surface area contributed by atoms with Crippen molar-refractivity contribution >= 4 is 5.91 Å². The Balaban J connectivity index is 1.35. The highest BCUT2D eigenvalue weighted by Crippen LogP contribution is 2.26. The molecule has 5 rings (SSSR count). The van der Waals surface area contributed by atoms with Gasteiger partial charge in [-0.1, -0.05) is 68.3 Å². The first-order chi connectivity index (χ1) is 21.0. The first-order valence-corrected chi connectivity index (χ1v) is 15.3. The van der Waals surface area contributed by atoms with Crippen LogP contribution in [0.5, 0.6) is 5.75 Å². The summed E-state index contributed by atoms with van der Waals surface area (Å²) in [6, 6.07) is 30.2. The molecular weight excluding hydrogens is 530 g/mol. The fraction of sp³-hybridized carbons (Fsp3) is 0.316. The van der Waals surface area contributed by atoms with Gasteiger partial charge < -0.3 is 14.5 Å². The quantitative estimate of drug-likeness (QED) is 0.198. The van der Waals surface area contributed by atoms with Gasteiger partial charge in [-0.2, -0.15) is 0 Å². The van der Waals surface area contributed by atoms with Crippen LogP contribution in [-0.4, -0.2) is 53.5 Å². The van der Waals surface area contributed by atoms with E-state index in [0.29, 0.717) is 23.7 Å². The first kappa shape index (κ1) is 30.1. The number of hydrogen-bond donors (Lipinski definition) is 0. The minimum atomic E-state index is 0.0568. The van der Waals surface area contributed by atoms with Gasteiger partial charge >= 0.3 is 0 Å². The van der Waals surface area contributed by atoms with Crippen molar-refractivity contribution in [2.24, 2.45) is 5.92 Å². The molecule has 220 valence electrons. The second-order valence-electron chi connectivity index (χ2n) is 11.7. The van der Waals surface area contributed by atoms with Crippen molar-refractivity contribution < 1.29 is 9.53 Å². The minimum absolute atomic E-state index is 0.0568. The highest BCUT2D eigenvalue weighted by molar-refractivity contribution is 5.94. The molecule has 43 heavy (non-hydrogen) atoms. The number of ether oxygens (including phenoxy) is 1. The molecule has 0 atom stereocenters. The molecule has 5 nitrogen and oxygen atoms in total. The number of hydrogen-bond acceptors (Lipinski definition) is 4. The van der Waals surface area contributed by atoms with Gasteiger partial charge in [-0.25, -0.2) is 4.98 Å². The molecule has 1 aliphatic heterocycles. The van der Waals surface area contributed by atoms with E-state index in [1.165, 1.54) is 6.42 Å². The number of carbonyl (C=O) groups excluding carboxylic acids is 1. The lowest BCUT2D eigenvalue weighted by Crippen LogP contribution is -2.47. The number of nitrogens with zero attached hydrogens (tertiary/aromatic N) is 3. The fourth-order valence-corrected chi connectivity index (χ4v) is 5.51. The second-order valence-corrected chi connectivity index (χ2v) is 11.7. The number of likely N-dealkylation sites (tertiary alicyclic amines) is 1. The van der Waals surface area contributed by atoms with Crippen LogP contribution in [0.15, 0.2) is 97.2 Å². The zero-order chi connectivity index (χ0) is 30.0. The summed E-state index contributed by atoms with van der Waals surface area (Å²) in [4.78, 5) is 23.1. The summed E-state index contributed by atoms with van der Waals surface area (Å²) < 4.78 is 5.31. The van der Waals surface area contributed by atoms with E-state index in [1.54, 1.807) is 13.3 Å². The number of benzene rings is 3. The number of methoxy groups -OCH3 is 1. The Morgan fingerprint density at radius 2 is 1.65 bits per heavy atom. The number of carbonyl (C=O) groups is 1. The van der Waals surface area contributed by atoms with Crippen molar-refractivity contribution in [2.75, 3.05) is 26.7 Å². The van der Waals surface area contributed by atoms with Crippen LogP contribution < -0.4 is 4.74 Å². The topological polar surface area (TPSA) is 45.7 Å². The zero-order valence-corrected chi connectivity index (χ0v) is 25.5. The zero-order valence-electron chi connectivity index (χ0n) is 25.5. The van der Waals surface area contributed by atoms with Crippen LogP contribution in [-0.2, 0) is 6.54 Å². The Bertz CT molecular complexity index is 1530. The molecule has 2 heterocycles. The second kappa shape index (κ2) is 14.7. The monoisotopic (exact) mass is 571 g/mol. The Labute approximate surface area is 256 Å². The lowest BCUT2D eigenvalue weighted by Gasteiger charge is -2.39. The molecule has 1 fully saturated rings. The molecule has 0 spiro atoms. The molecular formula is C38H41N3O2. The third-order valence-electron chi connectivity index (χ3n) is 8.12. The van der Waals surface area contributed by atoms with Crippen LogP contribution in [0.2, 0.25) is 0 Å². The third kappa shape index (κ3) is 8.34. The predicted molar refractivity (Wildman–Crippen MR) is 174 cm³/mol. The van der Waals surface area contributed by atoms with Crippen molar-refractivity contribution in [3.63, 3.8) is 0 Å². The smallest absolute Gasteiger partial charge is 0.254 e. The van der Waals surface area contributed by atoms with E-state index in [-0.39, 0.29) is 11.9 Å². The molecule has 1 aromatic heterocycles. The standard InChI is InChI=1S/C38H41N3O2/c1-29(2)20-24-40-25-21-36(22-26-40)41(28-31-10-13-32(14-11-31)33-15-18-37(43-3)19-16-33)38(42)34-8-6-7-30(27-34)12-17-35-9-4-5-23-39-35/h4-11,13-16,18-19,23,27,29,36H,20-22,24-26,28H2,1-3H3. The molecule has 1 saturated heterocycles. The van der Waals surface area contributed by atoms with E-state index in [0.717, 1.165) is 60.5 Å². The molecule has 3 aromatic carbocycles. The maximum atomic E-state index is 14.2. The van der Waals surface area contributed by atoms with Crippen molar-refractivity contribution in [1.29, 1.82) is 0 Å². The van der Waals surface area contributed by atoms with E-state index >= 15 is 0 Å². The van der Waals surface area contributed by atoms with E-state index in [4.69, 9.17) is 4.74 Å². The lowest BCUT2D eigenvalue weighted by atomic mass is 9.99. The van der Waals surface area contributed by atoms with Crippen molar-refractivity contribution in [3.05, 3.63) is 120 Å². The van der Waals surface area contributed by atoms with Gasteiger partial charge in [0.2, 0.25) is 0 Å². The summed E-state index contributed by atoms with van der Waals surface area (Å²) >= 11 is 0. The number of aromatic nitrogens is 1. The van der Waals surface area contributed by atoms with Crippen LogP contribution in [0.25, 0.3) is 11.1 Å². The van der Waals surface area contributed by atoms with Crippen LogP contribution in [0.3, 0.4) is 0 Å². The fourth-order valence-electron chi connectivity index (χ4n) is 5.51. The maximum absolute atomic E-state index is 14.2. The highest BCUT2D eigenvalue weighted by atomic mass is 16.5. The summed E-state index contributed by atoms with van der Waals surface area (Å²) in [6.45, 7) is 8.30. The lowest BCUT2D eigenvalue weighted by molar-refractivity contribution is 0.0546. The van der Waals surface area contributed by atoms with Crippen molar-refractivity contribution in [3.8, 4) is 28.7 Å². The van der Waals surface area contributed by atoms with Gasteiger partial charge in [-0.05, 0) is 96.8 Å². The molecule has 4 aromatic rings. The summed E-state index contributed by atoms with van der Waals surface area (Å²) in [5.41, 5.74) is 5.59. The molecule has 0 bridgehead atoms. The minimum Gasteiger partial charge on any atom is -0.497 e. The average Bonchev–Trinajstić information content (AvgIpc) is 3.06. The summed E-state index contributed by atoms with van der Waals surface area (Å²) in [5.74, 6) is 7.89. The Morgan fingerprint density at radius 1 is 0.930 bits per heavy atom. The molecule has 0 aliphatic carbocycles. The van der Waals surface area contributed by atoms with Crippen LogP contribution in [0.1, 0.15) is 60.3 Å². The molecule has 0 N–H and O–H groups in total. The van der Waals surface area contributed by atoms with Crippen molar-refractivity contribution in [2.45, 2.75) is 45.7 Å². The summed E-state index contributed by atoms with van der Waals surface area (Å²) in [6.07, 6.45) is 4.90. The van der Waals surface area contributed by atoms with Gasteiger partial charge in [0.1, 0.15) is 11.4 Å². The van der Waals surface area contributed by atoms with Gasteiger partial charge in [0.05, 0.1) is 7.11 Å². The highest BCUT2D eigenvalue weighted by Gasteiger charge is 2.29. The van der Waals surface area contributed by atoms with Crippen LogP contribution >= 0.6 is 0 Å². The molecule has 0 radical (unpaired) electrons. The van der Waals surface area contributed by atoms with Crippen molar-refractivity contribution in [1.82, 2.24) is 14.8 Å². The molecule has 1 amide bonds. The molecule has 5 heteroatoms. The van der Waals surface area contributed by atoms with Crippen LogP contribution in [0, 0.1) is 17.8 Å². The Kier molecular flexibility index (Phi) is 10.3. The first-order valence-electron chi connectivity index (χ1n) is 15.3. The number of amides is 1. The number of piperidine rings is 1. The predicted octanol–water partition coefficient (Wildman–Crippen LogP) is 7.31. The van der Waals surface area contributed by atoms with E-state index in [2.05, 4.69) is 76.9 Å². The Morgan fingerprint density at radius 3 is 2.30 bits per heavy atom. The maximum Gasteiger partial charge on any atom is 0.254 e. The third-order valence-corrected chi connectivity index (χ3v) is 8.12. The van der Waals surface area contributed by atoms with Gasteiger partial charge in [0.15, 0.2) is 0 Å². The molecule has 0 saturated carbocycles. The molecule has 1 aliphatic rings. The number of pyridine rings is 1. The van der Waals surface area contributed by atoms with E-state index < -0.39 is 0 Å². The number of rotatable bonds is 9. The Hall–Kier alpha value is -4.40. The van der Waals surface area contributed by atoms with E-state index in [9.17, 15) is 4.79 Å². The molecule has 0 unspecified atom stereocenters. The normalized spacial score (nSPS) is 13.8. The SMILES string of the molecule is COc1ccc(-c2ccc(CN(C(=O)c3cccc(C#Cc4ccccn4)c3)C3CCN(CCC(C)C)CC3)cc2)cc1. The van der Waals surface area contributed by atoms with Crippen LogP contribution in [0.4, 0.5) is 0 Å².